The summed E-state index contributed by atoms with van der Waals surface area (Å²) >= 11 is 0. The maximum absolute atomic E-state index is 5.96. The van der Waals surface area contributed by atoms with Crippen LogP contribution in [0.2, 0.25) is 0 Å². The van der Waals surface area contributed by atoms with Gasteiger partial charge in [-0.15, -0.1) is 0 Å². The van der Waals surface area contributed by atoms with Gasteiger partial charge in [0.15, 0.2) is 0 Å². The molecule has 2 unspecified atom stereocenters. The highest BCUT2D eigenvalue weighted by Crippen LogP contribution is 2.34. The molecule has 1 aromatic rings. The zero-order valence-electron chi connectivity index (χ0n) is 11.8. The Hall–Kier alpha value is -0.800. The second-order valence-corrected chi connectivity index (χ2v) is 6.28. The third-order valence-electron chi connectivity index (χ3n) is 4.84. The Kier molecular flexibility index (Phi) is 4.24. The molecule has 2 fully saturated rings. The molecule has 2 aliphatic carbocycles. The topological polar surface area (TPSA) is 42.4 Å². The smallest absolute Gasteiger partial charge is 0.117 e. The first-order chi connectivity index (χ1) is 9.36. The quantitative estimate of drug-likeness (QED) is 0.857. The van der Waals surface area contributed by atoms with E-state index in [0.717, 1.165) is 36.7 Å². The molecule has 0 aliphatic heterocycles. The van der Waals surface area contributed by atoms with E-state index in [-0.39, 0.29) is 0 Å². The fourth-order valence-electron chi connectivity index (χ4n) is 3.52. The predicted octanol–water partition coefficient (Wildman–Crippen LogP) is 3.01. The van der Waals surface area contributed by atoms with E-state index in [9.17, 15) is 0 Å². The number of furan rings is 1. The van der Waals surface area contributed by atoms with Crippen molar-refractivity contribution >= 4 is 0 Å². The van der Waals surface area contributed by atoms with Crippen LogP contribution in [0.25, 0.3) is 0 Å². The van der Waals surface area contributed by atoms with Gasteiger partial charge in [0.1, 0.15) is 5.76 Å². The highest BCUT2D eigenvalue weighted by atomic mass is 16.3. The second kappa shape index (κ2) is 6.10. The molecule has 2 N–H and O–H groups in total. The molecule has 0 radical (unpaired) electrons. The molecule has 0 aromatic carbocycles. The maximum atomic E-state index is 5.96. The van der Waals surface area contributed by atoms with Crippen LogP contribution in [0.4, 0.5) is 0 Å². The molecular formula is C16H26N2O. The molecule has 106 valence electrons. The SMILES string of the molecule is NCC1CCCCC1CN(Cc1ccco1)C1CC1. The van der Waals surface area contributed by atoms with Crippen LogP contribution in [-0.4, -0.2) is 24.0 Å². The van der Waals surface area contributed by atoms with E-state index >= 15 is 0 Å². The van der Waals surface area contributed by atoms with Gasteiger partial charge in [-0.2, -0.15) is 0 Å². The van der Waals surface area contributed by atoms with Crippen molar-refractivity contribution in [2.45, 2.75) is 51.1 Å². The van der Waals surface area contributed by atoms with Crippen LogP contribution in [0.5, 0.6) is 0 Å². The summed E-state index contributed by atoms with van der Waals surface area (Å²) in [7, 11) is 0. The summed E-state index contributed by atoms with van der Waals surface area (Å²) in [5, 5.41) is 0. The molecule has 3 rings (SSSR count). The minimum atomic E-state index is 0.742. The summed E-state index contributed by atoms with van der Waals surface area (Å²) in [5.74, 6) is 2.65. The van der Waals surface area contributed by atoms with Gasteiger partial charge in [0.2, 0.25) is 0 Å². The number of nitrogens with two attached hydrogens (primary N) is 1. The Morgan fingerprint density at radius 2 is 1.95 bits per heavy atom. The first-order valence-corrected chi connectivity index (χ1v) is 7.83. The fourth-order valence-corrected chi connectivity index (χ4v) is 3.52. The molecule has 3 nitrogen and oxygen atoms in total. The van der Waals surface area contributed by atoms with Crippen LogP contribution in [0.15, 0.2) is 22.8 Å². The third kappa shape index (κ3) is 3.40. The largest absolute Gasteiger partial charge is 0.468 e. The summed E-state index contributed by atoms with van der Waals surface area (Å²) in [6, 6.07) is 4.88. The Labute approximate surface area is 116 Å². The highest BCUT2D eigenvalue weighted by molar-refractivity contribution is 5.00. The zero-order valence-corrected chi connectivity index (χ0v) is 11.8. The summed E-state index contributed by atoms with van der Waals surface area (Å²) < 4.78 is 5.52. The van der Waals surface area contributed by atoms with Crippen LogP contribution < -0.4 is 5.73 Å². The van der Waals surface area contributed by atoms with Crippen LogP contribution in [0.1, 0.15) is 44.3 Å². The fraction of sp³-hybridized carbons (Fsp3) is 0.750. The summed E-state index contributed by atoms with van der Waals surface area (Å²) in [6.45, 7) is 3.06. The normalized spacial score (nSPS) is 27.9. The third-order valence-corrected chi connectivity index (χ3v) is 4.84. The van der Waals surface area contributed by atoms with Gasteiger partial charge in [0.25, 0.3) is 0 Å². The molecule has 0 spiro atoms. The zero-order chi connectivity index (χ0) is 13.1. The minimum absolute atomic E-state index is 0.742. The van der Waals surface area contributed by atoms with Crippen molar-refractivity contribution in [3.63, 3.8) is 0 Å². The Morgan fingerprint density at radius 1 is 1.16 bits per heavy atom. The molecule has 3 heteroatoms. The van der Waals surface area contributed by atoms with Crippen molar-refractivity contribution in [1.82, 2.24) is 4.90 Å². The predicted molar refractivity (Wildman–Crippen MR) is 76.6 cm³/mol. The van der Waals surface area contributed by atoms with Crippen molar-refractivity contribution in [1.29, 1.82) is 0 Å². The first-order valence-electron chi connectivity index (χ1n) is 7.83. The Morgan fingerprint density at radius 3 is 2.58 bits per heavy atom. The van der Waals surface area contributed by atoms with Gasteiger partial charge in [0, 0.05) is 12.6 Å². The molecule has 2 saturated carbocycles. The summed E-state index contributed by atoms with van der Waals surface area (Å²) in [5.41, 5.74) is 5.96. The lowest BCUT2D eigenvalue weighted by Gasteiger charge is -2.35. The Balaban J connectivity index is 1.60. The van der Waals surface area contributed by atoms with E-state index in [2.05, 4.69) is 11.0 Å². The van der Waals surface area contributed by atoms with Gasteiger partial charge in [-0.1, -0.05) is 12.8 Å². The van der Waals surface area contributed by atoms with E-state index in [1.54, 1.807) is 6.26 Å². The van der Waals surface area contributed by atoms with Crippen molar-refractivity contribution in [2.24, 2.45) is 17.6 Å². The highest BCUT2D eigenvalue weighted by Gasteiger charge is 2.33. The lowest BCUT2D eigenvalue weighted by Crippen LogP contribution is -2.37. The number of rotatable bonds is 6. The van der Waals surface area contributed by atoms with E-state index < -0.39 is 0 Å². The van der Waals surface area contributed by atoms with Crippen molar-refractivity contribution in [2.75, 3.05) is 13.1 Å². The average Bonchev–Trinajstić information content (AvgIpc) is 3.17. The molecule has 2 atom stereocenters. The van der Waals surface area contributed by atoms with Gasteiger partial charge in [-0.25, -0.2) is 0 Å². The van der Waals surface area contributed by atoms with E-state index in [0.29, 0.717) is 0 Å². The molecule has 19 heavy (non-hydrogen) atoms. The van der Waals surface area contributed by atoms with Crippen LogP contribution in [0.3, 0.4) is 0 Å². The second-order valence-electron chi connectivity index (χ2n) is 6.28. The average molecular weight is 262 g/mol. The molecule has 0 amide bonds. The van der Waals surface area contributed by atoms with Crippen LogP contribution in [-0.2, 0) is 6.54 Å². The summed E-state index contributed by atoms with van der Waals surface area (Å²) in [4.78, 5) is 2.64. The molecular weight excluding hydrogens is 236 g/mol. The van der Waals surface area contributed by atoms with Crippen molar-refractivity contribution in [3.05, 3.63) is 24.2 Å². The van der Waals surface area contributed by atoms with Gasteiger partial charge in [-0.3, -0.25) is 4.90 Å². The Bertz CT molecular complexity index is 372. The van der Waals surface area contributed by atoms with E-state index in [1.807, 2.05) is 6.07 Å². The number of hydrogen-bond donors (Lipinski definition) is 1. The number of hydrogen-bond acceptors (Lipinski definition) is 3. The van der Waals surface area contributed by atoms with Gasteiger partial charge < -0.3 is 10.2 Å². The van der Waals surface area contributed by atoms with Gasteiger partial charge in [-0.05, 0) is 56.2 Å². The van der Waals surface area contributed by atoms with Crippen molar-refractivity contribution in [3.8, 4) is 0 Å². The van der Waals surface area contributed by atoms with Crippen LogP contribution >= 0.6 is 0 Å². The monoisotopic (exact) mass is 262 g/mol. The van der Waals surface area contributed by atoms with E-state index in [4.69, 9.17) is 10.2 Å². The summed E-state index contributed by atoms with van der Waals surface area (Å²) in [6.07, 6.45) is 9.97. The molecule has 1 aromatic heterocycles. The van der Waals surface area contributed by atoms with Gasteiger partial charge in [0.05, 0.1) is 12.8 Å². The van der Waals surface area contributed by atoms with E-state index in [1.165, 1.54) is 45.1 Å². The van der Waals surface area contributed by atoms with Crippen molar-refractivity contribution < 1.29 is 4.42 Å². The molecule has 0 saturated heterocycles. The first kappa shape index (κ1) is 13.2. The maximum Gasteiger partial charge on any atom is 0.117 e. The minimum Gasteiger partial charge on any atom is -0.468 e. The molecule has 1 heterocycles. The lowest BCUT2D eigenvalue weighted by molar-refractivity contribution is 0.136. The molecule has 2 aliphatic rings. The van der Waals surface area contributed by atoms with Gasteiger partial charge >= 0.3 is 0 Å². The number of nitrogens with zero attached hydrogens (tertiary/aromatic N) is 1. The standard InChI is InChI=1S/C16H26N2O/c17-10-13-4-1-2-5-14(13)11-18(15-7-8-15)12-16-6-3-9-19-16/h3,6,9,13-15H,1-2,4-5,7-8,10-12,17H2. The molecule has 0 bridgehead atoms. The van der Waals surface area contributed by atoms with Crippen LogP contribution in [0, 0.1) is 11.8 Å². The lowest BCUT2D eigenvalue weighted by atomic mass is 9.79.